The molecule has 0 saturated carbocycles. The molecule has 118 valence electrons. The predicted molar refractivity (Wildman–Crippen MR) is 75.9 cm³/mol. The van der Waals surface area contributed by atoms with E-state index in [0.717, 1.165) is 0 Å². The summed E-state index contributed by atoms with van der Waals surface area (Å²) in [6, 6.07) is 3.02. The Hall–Kier alpha value is -1.99. The minimum Gasteiger partial charge on any atom is -0.493 e. The molecule has 0 aliphatic carbocycles. The number of hydrogen-bond donors (Lipinski definition) is 1. The lowest BCUT2D eigenvalue weighted by Gasteiger charge is -2.19. The average Bonchev–Trinajstić information content (AvgIpc) is 2.52. The third kappa shape index (κ3) is 4.24. The van der Waals surface area contributed by atoms with Gasteiger partial charge in [-0.15, -0.1) is 0 Å². The molecule has 7 nitrogen and oxygen atoms in total. The highest BCUT2D eigenvalue weighted by Crippen LogP contribution is 2.41. The van der Waals surface area contributed by atoms with Crippen LogP contribution in [0.3, 0.4) is 0 Å². The molecule has 0 heterocycles. The molecule has 0 radical (unpaired) electrons. The van der Waals surface area contributed by atoms with E-state index >= 15 is 0 Å². The van der Waals surface area contributed by atoms with Crippen molar-refractivity contribution in [1.29, 1.82) is 0 Å². The van der Waals surface area contributed by atoms with Crippen LogP contribution in [0.15, 0.2) is 12.1 Å². The summed E-state index contributed by atoms with van der Waals surface area (Å²) in [5, 5.41) is 0. The maximum atomic E-state index is 11.0. The lowest BCUT2D eigenvalue weighted by Crippen LogP contribution is -2.21. The molecule has 0 aliphatic rings. The van der Waals surface area contributed by atoms with Crippen molar-refractivity contribution >= 4 is 5.97 Å². The highest BCUT2D eigenvalue weighted by Gasteiger charge is 2.20. The van der Waals surface area contributed by atoms with E-state index in [1.807, 2.05) is 0 Å². The van der Waals surface area contributed by atoms with E-state index in [1.54, 1.807) is 12.1 Å². The number of nitrogens with two attached hydrogens (primary N) is 1. The number of benzene rings is 1. The van der Waals surface area contributed by atoms with Crippen molar-refractivity contribution in [3.05, 3.63) is 17.7 Å². The fraction of sp³-hybridized carbons (Fsp3) is 0.500. The van der Waals surface area contributed by atoms with Crippen molar-refractivity contribution in [2.24, 2.45) is 5.73 Å². The molecule has 0 saturated heterocycles. The topological polar surface area (TPSA) is 89.2 Å². The Morgan fingerprint density at radius 3 is 2.29 bits per heavy atom. The molecule has 0 fully saturated rings. The molecule has 1 aromatic carbocycles. The molecule has 1 aromatic rings. The van der Waals surface area contributed by atoms with E-state index in [4.69, 9.17) is 24.7 Å². The van der Waals surface area contributed by atoms with Gasteiger partial charge in [-0.1, -0.05) is 0 Å². The van der Waals surface area contributed by atoms with Crippen LogP contribution in [-0.2, 0) is 14.3 Å². The van der Waals surface area contributed by atoms with E-state index in [1.165, 1.54) is 28.4 Å². The first kappa shape index (κ1) is 17.1. The summed E-state index contributed by atoms with van der Waals surface area (Å²) in [6.45, 7) is -0.0131. The monoisotopic (exact) mass is 299 g/mol. The number of carbonyl (C=O) groups excluding carboxylic acids is 1. The fourth-order valence-electron chi connectivity index (χ4n) is 1.83. The molecule has 0 aromatic heterocycles. The molecule has 1 atom stereocenters. The van der Waals surface area contributed by atoms with Crippen LogP contribution >= 0.6 is 0 Å². The van der Waals surface area contributed by atoms with Crippen molar-refractivity contribution in [3.8, 4) is 17.2 Å². The normalized spacial score (nSPS) is 11.7. The van der Waals surface area contributed by atoms with E-state index in [2.05, 4.69) is 4.74 Å². The Balaban J connectivity index is 2.88. The van der Waals surface area contributed by atoms with Crippen LogP contribution in [0.5, 0.6) is 17.2 Å². The fourth-order valence-corrected chi connectivity index (χ4v) is 1.83. The lowest BCUT2D eigenvalue weighted by atomic mass is 10.1. The Labute approximate surface area is 123 Å². The van der Waals surface area contributed by atoms with Gasteiger partial charge in [0.1, 0.15) is 6.61 Å². The van der Waals surface area contributed by atoms with Gasteiger partial charge in [0.15, 0.2) is 11.5 Å². The minimum atomic E-state index is -0.482. The predicted octanol–water partition coefficient (Wildman–Crippen LogP) is 0.902. The van der Waals surface area contributed by atoms with Gasteiger partial charge in [0.05, 0.1) is 41.1 Å². The Bertz CT molecular complexity index is 477. The third-order valence-corrected chi connectivity index (χ3v) is 2.88. The molecule has 1 unspecified atom stereocenters. The first-order valence-corrected chi connectivity index (χ1v) is 6.28. The van der Waals surface area contributed by atoms with Crippen LogP contribution in [0.4, 0.5) is 0 Å². The summed E-state index contributed by atoms with van der Waals surface area (Å²) < 4.78 is 25.5. The van der Waals surface area contributed by atoms with Gasteiger partial charge in [-0.2, -0.15) is 0 Å². The van der Waals surface area contributed by atoms with Gasteiger partial charge in [-0.3, -0.25) is 0 Å². The van der Waals surface area contributed by atoms with Gasteiger partial charge in [0.2, 0.25) is 5.75 Å². The zero-order valence-corrected chi connectivity index (χ0v) is 12.7. The van der Waals surface area contributed by atoms with Crippen LogP contribution in [0.1, 0.15) is 11.6 Å². The molecule has 0 aliphatic heterocycles. The van der Waals surface area contributed by atoms with Gasteiger partial charge in [0, 0.05) is 5.56 Å². The second kappa shape index (κ2) is 8.33. The van der Waals surface area contributed by atoms with Crippen molar-refractivity contribution in [2.75, 3.05) is 41.7 Å². The van der Waals surface area contributed by atoms with Crippen molar-refractivity contribution in [1.82, 2.24) is 0 Å². The Morgan fingerprint density at radius 1 is 1.10 bits per heavy atom. The van der Waals surface area contributed by atoms with Crippen LogP contribution in [0.2, 0.25) is 0 Å². The smallest absolute Gasteiger partial charge is 0.331 e. The number of carbonyl (C=O) groups is 1. The number of rotatable bonds is 8. The van der Waals surface area contributed by atoms with E-state index < -0.39 is 12.0 Å². The maximum absolute atomic E-state index is 11.0. The first-order chi connectivity index (χ1) is 10.1. The zero-order valence-electron chi connectivity index (χ0n) is 12.7. The van der Waals surface area contributed by atoms with E-state index in [0.29, 0.717) is 22.8 Å². The highest BCUT2D eigenvalue weighted by molar-refractivity contribution is 5.70. The van der Waals surface area contributed by atoms with Gasteiger partial charge in [-0.05, 0) is 12.1 Å². The summed E-state index contributed by atoms with van der Waals surface area (Å²) in [6.07, 6.45) is 0. The lowest BCUT2D eigenvalue weighted by molar-refractivity contribution is -0.146. The van der Waals surface area contributed by atoms with Gasteiger partial charge < -0.3 is 29.4 Å². The molecule has 7 heteroatoms. The molecule has 2 N–H and O–H groups in total. The molecule has 0 spiro atoms. The molecular weight excluding hydrogens is 278 g/mol. The van der Waals surface area contributed by atoms with Crippen molar-refractivity contribution < 1.29 is 28.5 Å². The Kier molecular flexibility index (Phi) is 6.77. The van der Waals surface area contributed by atoms with Gasteiger partial charge in [0.25, 0.3) is 0 Å². The van der Waals surface area contributed by atoms with Crippen molar-refractivity contribution in [3.63, 3.8) is 0 Å². The van der Waals surface area contributed by atoms with Crippen LogP contribution < -0.4 is 19.9 Å². The zero-order chi connectivity index (χ0) is 15.8. The molecule has 0 bridgehead atoms. The van der Waals surface area contributed by atoms with E-state index in [-0.39, 0.29) is 13.2 Å². The molecular formula is C14H21NO6. The quantitative estimate of drug-likeness (QED) is 0.713. The molecule has 0 amide bonds. The second-order valence-electron chi connectivity index (χ2n) is 4.12. The summed E-state index contributed by atoms with van der Waals surface area (Å²) in [7, 11) is 5.87. The van der Waals surface area contributed by atoms with E-state index in [9.17, 15) is 4.79 Å². The minimum absolute atomic E-state index is 0.140. The maximum Gasteiger partial charge on any atom is 0.331 e. The third-order valence-electron chi connectivity index (χ3n) is 2.88. The average molecular weight is 299 g/mol. The second-order valence-corrected chi connectivity index (χ2v) is 4.12. The summed E-state index contributed by atoms with van der Waals surface area (Å²) in [5.74, 6) is 1.02. The van der Waals surface area contributed by atoms with Crippen LogP contribution in [0, 0.1) is 0 Å². The SMILES string of the molecule is COC(=O)COCC(N)c1ccc(OC)c(OC)c1OC. The van der Waals surface area contributed by atoms with Crippen molar-refractivity contribution in [2.45, 2.75) is 6.04 Å². The standard InChI is InChI=1S/C14H21NO6/c1-17-11-6-5-9(13(19-3)14(11)20-4)10(15)7-21-8-12(16)18-2/h5-6,10H,7-8,15H2,1-4H3. The number of ether oxygens (including phenoxy) is 5. The van der Waals surface area contributed by atoms with Gasteiger partial charge >= 0.3 is 5.97 Å². The number of esters is 1. The van der Waals surface area contributed by atoms with Crippen LogP contribution in [0.25, 0.3) is 0 Å². The summed E-state index contributed by atoms with van der Waals surface area (Å²) in [5.41, 5.74) is 6.76. The number of hydrogen-bond acceptors (Lipinski definition) is 7. The first-order valence-electron chi connectivity index (χ1n) is 6.28. The summed E-state index contributed by atoms with van der Waals surface area (Å²) >= 11 is 0. The molecule has 21 heavy (non-hydrogen) atoms. The highest BCUT2D eigenvalue weighted by atomic mass is 16.6. The largest absolute Gasteiger partial charge is 0.493 e. The van der Waals surface area contributed by atoms with Gasteiger partial charge in [-0.25, -0.2) is 4.79 Å². The van der Waals surface area contributed by atoms with Crippen LogP contribution in [-0.4, -0.2) is 47.6 Å². The Morgan fingerprint density at radius 2 is 1.76 bits per heavy atom. The summed E-state index contributed by atoms with van der Waals surface area (Å²) in [4.78, 5) is 11.0. The molecule has 1 rings (SSSR count). The number of methoxy groups -OCH3 is 4.